The third-order valence-electron chi connectivity index (χ3n) is 3.75. The highest BCUT2D eigenvalue weighted by Gasteiger charge is 2.29. The molecule has 4 heteroatoms. The van der Waals surface area contributed by atoms with Crippen LogP contribution in [0.15, 0.2) is 27.1 Å². The molecule has 0 spiro atoms. The summed E-state index contributed by atoms with van der Waals surface area (Å²) in [6.07, 6.45) is 6.66. The van der Waals surface area contributed by atoms with Gasteiger partial charge in [0.15, 0.2) is 11.5 Å². The van der Waals surface area contributed by atoms with E-state index < -0.39 is 0 Å². The molecule has 96 valence electrons. The Kier molecular flexibility index (Phi) is 3.16. The van der Waals surface area contributed by atoms with Gasteiger partial charge in [0.1, 0.15) is 5.52 Å². The Hall–Kier alpha value is -0.870. The Morgan fingerprint density at radius 1 is 1.28 bits per heavy atom. The third-order valence-corrected chi connectivity index (χ3v) is 4.24. The summed E-state index contributed by atoms with van der Waals surface area (Å²) >= 11 is 3.44. The van der Waals surface area contributed by atoms with E-state index in [1.807, 2.05) is 18.2 Å². The highest BCUT2D eigenvalue weighted by molar-refractivity contribution is 9.10. The lowest BCUT2D eigenvalue weighted by molar-refractivity contribution is 0.276. The first kappa shape index (κ1) is 12.2. The van der Waals surface area contributed by atoms with E-state index in [2.05, 4.69) is 20.9 Å². The second-order valence-corrected chi connectivity index (χ2v) is 6.24. The fourth-order valence-corrected chi connectivity index (χ4v) is 3.11. The average molecular weight is 309 g/mol. The first-order valence-electron chi connectivity index (χ1n) is 6.49. The van der Waals surface area contributed by atoms with Gasteiger partial charge in [-0.1, -0.05) is 35.2 Å². The van der Waals surface area contributed by atoms with Crippen LogP contribution in [0, 0.1) is 0 Å². The zero-order valence-corrected chi connectivity index (χ0v) is 11.9. The number of fused-ring (bicyclic) bond motifs is 1. The summed E-state index contributed by atoms with van der Waals surface area (Å²) in [6, 6.07) is 5.89. The van der Waals surface area contributed by atoms with E-state index in [9.17, 15) is 0 Å². The second kappa shape index (κ2) is 4.67. The van der Waals surface area contributed by atoms with Crippen LogP contribution in [-0.2, 0) is 6.42 Å². The maximum atomic E-state index is 6.43. The Balaban J connectivity index is 1.86. The number of nitrogens with zero attached hydrogens (tertiary/aromatic N) is 1. The summed E-state index contributed by atoms with van der Waals surface area (Å²) in [4.78, 5) is 4.54. The zero-order chi connectivity index (χ0) is 12.6. The summed E-state index contributed by atoms with van der Waals surface area (Å²) in [7, 11) is 0. The molecule has 2 aromatic rings. The molecule has 0 bridgehead atoms. The molecular weight excluding hydrogens is 292 g/mol. The number of nitrogens with two attached hydrogens (primary N) is 1. The van der Waals surface area contributed by atoms with Gasteiger partial charge >= 0.3 is 0 Å². The highest BCUT2D eigenvalue weighted by Crippen LogP contribution is 2.30. The predicted molar refractivity (Wildman–Crippen MR) is 75.4 cm³/mol. The van der Waals surface area contributed by atoms with Crippen LogP contribution in [0.2, 0.25) is 0 Å². The molecule has 0 unspecified atom stereocenters. The third kappa shape index (κ3) is 2.45. The number of halogens is 1. The van der Waals surface area contributed by atoms with Crippen LogP contribution < -0.4 is 5.73 Å². The summed E-state index contributed by atoms with van der Waals surface area (Å²) in [5.74, 6) is 0.771. The van der Waals surface area contributed by atoms with Gasteiger partial charge in [0.25, 0.3) is 0 Å². The van der Waals surface area contributed by atoms with Crippen molar-refractivity contribution in [3.05, 3.63) is 28.6 Å². The SMILES string of the molecule is NC1(Cc2nc3cc(Br)ccc3o2)CCCCC1. The van der Waals surface area contributed by atoms with Gasteiger partial charge in [-0.05, 0) is 31.0 Å². The van der Waals surface area contributed by atoms with Crippen molar-refractivity contribution in [1.82, 2.24) is 4.98 Å². The molecule has 3 rings (SSSR count). The molecule has 1 heterocycles. The lowest BCUT2D eigenvalue weighted by Gasteiger charge is -2.32. The van der Waals surface area contributed by atoms with Gasteiger partial charge in [0.05, 0.1) is 0 Å². The van der Waals surface area contributed by atoms with Crippen molar-refractivity contribution in [2.45, 2.75) is 44.1 Å². The molecule has 0 atom stereocenters. The first-order chi connectivity index (χ1) is 8.65. The van der Waals surface area contributed by atoms with Crippen LogP contribution in [0.1, 0.15) is 38.0 Å². The molecule has 0 aliphatic heterocycles. The molecule has 3 nitrogen and oxygen atoms in total. The Morgan fingerprint density at radius 2 is 2.06 bits per heavy atom. The van der Waals surface area contributed by atoms with Crippen LogP contribution in [0.25, 0.3) is 11.1 Å². The fraction of sp³-hybridized carbons (Fsp3) is 0.500. The maximum Gasteiger partial charge on any atom is 0.197 e. The van der Waals surface area contributed by atoms with Crippen molar-refractivity contribution in [1.29, 1.82) is 0 Å². The minimum absolute atomic E-state index is 0.115. The van der Waals surface area contributed by atoms with Gasteiger partial charge in [0, 0.05) is 16.4 Å². The average Bonchev–Trinajstić information content (AvgIpc) is 2.70. The molecule has 0 radical (unpaired) electrons. The lowest BCUT2D eigenvalue weighted by atomic mass is 9.80. The van der Waals surface area contributed by atoms with Gasteiger partial charge in [-0.25, -0.2) is 4.98 Å². The van der Waals surface area contributed by atoms with E-state index in [0.29, 0.717) is 0 Å². The molecule has 1 fully saturated rings. The molecule has 1 aromatic heterocycles. The zero-order valence-electron chi connectivity index (χ0n) is 10.3. The molecule has 2 N–H and O–H groups in total. The monoisotopic (exact) mass is 308 g/mol. The second-order valence-electron chi connectivity index (χ2n) is 5.32. The van der Waals surface area contributed by atoms with Crippen LogP contribution in [0.3, 0.4) is 0 Å². The van der Waals surface area contributed by atoms with E-state index in [1.54, 1.807) is 0 Å². The van der Waals surface area contributed by atoms with E-state index in [0.717, 1.165) is 40.7 Å². The topological polar surface area (TPSA) is 52.0 Å². The summed E-state index contributed by atoms with van der Waals surface area (Å²) in [6.45, 7) is 0. The minimum atomic E-state index is -0.115. The van der Waals surface area contributed by atoms with Gasteiger partial charge in [-0.3, -0.25) is 0 Å². The van der Waals surface area contributed by atoms with Crippen LogP contribution in [0.4, 0.5) is 0 Å². The Labute approximate surface area is 115 Å². The molecule has 1 aliphatic rings. The molecular formula is C14H17BrN2O. The standard InChI is InChI=1S/C14H17BrN2O/c15-10-4-5-12-11(8-10)17-13(18-12)9-14(16)6-2-1-3-7-14/h4-5,8H,1-3,6-7,9,16H2. The van der Waals surface area contributed by atoms with Crippen molar-refractivity contribution >= 4 is 27.0 Å². The molecule has 1 aromatic carbocycles. The van der Waals surface area contributed by atoms with Crippen LogP contribution in [-0.4, -0.2) is 10.5 Å². The van der Waals surface area contributed by atoms with E-state index >= 15 is 0 Å². The number of oxazole rings is 1. The number of aromatic nitrogens is 1. The predicted octanol–water partition coefficient (Wildman–Crippen LogP) is 3.79. The summed E-state index contributed by atoms with van der Waals surface area (Å²) in [5, 5.41) is 0. The largest absolute Gasteiger partial charge is 0.441 e. The molecule has 0 saturated heterocycles. The van der Waals surface area contributed by atoms with Gasteiger partial charge in [-0.15, -0.1) is 0 Å². The van der Waals surface area contributed by atoms with Crippen molar-refractivity contribution in [3.8, 4) is 0 Å². The molecule has 1 aliphatic carbocycles. The first-order valence-corrected chi connectivity index (χ1v) is 7.28. The van der Waals surface area contributed by atoms with E-state index in [4.69, 9.17) is 10.2 Å². The molecule has 1 saturated carbocycles. The Bertz CT molecular complexity index is 558. The minimum Gasteiger partial charge on any atom is -0.441 e. The van der Waals surface area contributed by atoms with Crippen molar-refractivity contribution in [3.63, 3.8) is 0 Å². The van der Waals surface area contributed by atoms with E-state index in [1.165, 1.54) is 19.3 Å². The number of hydrogen-bond donors (Lipinski definition) is 1. The number of rotatable bonds is 2. The normalized spacial score (nSPS) is 19.2. The van der Waals surface area contributed by atoms with Crippen molar-refractivity contribution < 1.29 is 4.42 Å². The quantitative estimate of drug-likeness (QED) is 0.918. The van der Waals surface area contributed by atoms with Gasteiger partial charge in [-0.2, -0.15) is 0 Å². The van der Waals surface area contributed by atoms with Crippen LogP contribution in [0.5, 0.6) is 0 Å². The van der Waals surface area contributed by atoms with E-state index in [-0.39, 0.29) is 5.54 Å². The highest BCUT2D eigenvalue weighted by atomic mass is 79.9. The van der Waals surface area contributed by atoms with Gasteiger partial charge in [0.2, 0.25) is 0 Å². The summed E-state index contributed by atoms with van der Waals surface area (Å²) in [5.41, 5.74) is 8.06. The van der Waals surface area contributed by atoms with Crippen molar-refractivity contribution in [2.24, 2.45) is 5.73 Å². The molecule has 0 amide bonds. The maximum absolute atomic E-state index is 6.43. The number of hydrogen-bond acceptors (Lipinski definition) is 3. The number of benzene rings is 1. The fourth-order valence-electron chi connectivity index (χ4n) is 2.76. The lowest BCUT2D eigenvalue weighted by Crippen LogP contribution is -2.43. The smallest absolute Gasteiger partial charge is 0.197 e. The summed E-state index contributed by atoms with van der Waals surface area (Å²) < 4.78 is 6.80. The Morgan fingerprint density at radius 3 is 2.83 bits per heavy atom. The van der Waals surface area contributed by atoms with Gasteiger partial charge < -0.3 is 10.2 Å². The molecule has 18 heavy (non-hydrogen) atoms. The van der Waals surface area contributed by atoms with Crippen molar-refractivity contribution in [2.75, 3.05) is 0 Å². The van der Waals surface area contributed by atoms with Crippen LogP contribution >= 0.6 is 15.9 Å².